The van der Waals surface area contributed by atoms with Crippen molar-refractivity contribution in [3.63, 3.8) is 0 Å². The van der Waals surface area contributed by atoms with Gasteiger partial charge in [-0.3, -0.25) is 0 Å². The lowest BCUT2D eigenvalue weighted by Crippen LogP contribution is -2.24. The van der Waals surface area contributed by atoms with E-state index in [-0.39, 0.29) is 8.41 Å². The van der Waals surface area contributed by atoms with Crippen LogP contribution >= 0.6 is 0 Å². The topological polar surface area (TPSA) is 0 Å². The van der Waals surface area contributed by atoms with Crippen molar-refractivity contribution in [1.82, 2.24) is 0 Å². The molecular formula is C16H28B. The zero-order valence-electron chi connectivity index (χ0n) is 11.7. The Bertz CT molecular complexity index is 218. The molecule has 2 rings (SSSR count). The molecule has 3 radical (unpaired) electrons. The Morgan fingerprint density at radius 3 is 1.71 bits per heavy atom. The van der Waals surface area contributed by atoms with E-state index in [1.165, 1.54) is 51.4 Å². The average molecular weight is 231 g/mol. The first-order chi connectivity index (χ1) is 7.79. The van der Waals surface area contributed by atoms with Crippen LogP contribution in [0.3, 0.4) is 0 Å². The van der Waals surface area contributed by atoms with E-state index in [1.54, 1.807) is 0 Å². The zero-order chi connectivity index (χ0) is 11.4. The molecule has 0 spiro atoms. The Balaban J connectivity index is 0.00000144. The van der Waals surface area contributed by atoms with Crippen molar-refractivity contribution in [2.24, 2.45) is 23.7 Å². The molecule has 0 bridgehead atoms. The van der Waals surface area contributed by atoms with Crippen molar-refractivity contribution in [3.8, 4) is 0 Å². The summed E-state index contributed by atoms with van der Waals surface area (Å²) in [6.07, 6.45) is 16.7. The maximum Gasteiger partial charge on any atom is 0 e. The van der Waals surface area contributed by atoms with E-state index >= 15 is 0 Å². The molecule has 95 valence electrons. The molecule has 2 aliphatic rings. The summed E-state index contributed by atoms with van der Waals surface area (Å²) in [6, 6.07) is 0. The third-order valence-electron chi connectivity index (χ3n) is 5.01. The van der Waals surface area contributed by atoms with E-state index < -0.39 is 0 Å². The van der Waals surface area contributed by atoms with Gasteiger partial charge in [-0.1, -0.05) is 31.9 Å². The highest BCUT2D eigenvalue weighted by Gasteiger charge is 2.28. The molecule has 0 heterocycles. The lowest BCUT2D eigenvalue weighted by molar-refractivity contribution is 0.160. The van der Waals surface area contributed by atoms with E-state index in [1.807, 2.05) is 0 Å². The zero-order valence-corrected chi connectivity index (χ0v) is 11.7. The second-order valence-electron chi connectivity index (χ2n) is 6.22. The Hall–Kier alpha value is -0.195. The number of allylic oxidation sites excluding steroid dienone is 2. The Kier molecular flexibility index (Phi) is 6.37. The fourth-order valence-electron chi connectivity index (χ4n) is 3.84. The molecular weight excluding hydrogens is 203 g/mol. The second-order valence-corrected chi connectivity index (χ2v) is 6.22. The first kappa shape index (κ1) is 14.9. The van der Waals surface area contributed by atoms with Crippen LogP contribution in [0.5, 0.6) is 0 Å². The minimum absolute atomic E-state index is 0. The van der Waals surface area contributed by atoms with Crippen LogP contribution in [-0.2, 0) is 0 Å². The SMILES string of the molecule is C/C=C/C1CCC(C2CCC(C)CC2)CC1.[B]. The summed E-state index contributed by atoms with van der Waals surface area (Å²) in [5.74, 6) is 4.08. The molecule has 2 saturated carbocycles. The van der Waals surface area contributed by atoms with Gasteiger partial charge in [-0.25, -0.2) is 0 Å². The number of rotatable bonds is 2. The van der Waals surface area contributed by atoms with E-state index in [9.17, 15) is 0 Å². The van der Waals surface area contributed by atoms with Crippen LogP contribution in [0.4, 0.5) is 0 Å². The molecule has 0 aromatic heterocycles. The average Bonchev–Trinajstić information content (AvgIpc) is 2.32. The van der Waals surface area contributed by atoms with Crippen LogP contribution in [0.15, 0.2) is 12.2 Å². The smallest absolute Gasteiger partial charge is 0 e. The quantitative estimate of drug-likeness (QED) is 0.472. The lowest BCUT2D eigenvalue weighted by Gasteiger charge is -2.36. The molecule has 17 heavy (non-hydrogen) atoms. The van der Waals surface area contributed by atoms with Crippen molar-refractivity contribution < 1.29 is 0 Å². The summed E-state index contributed by atoms with van der Waals surface area (Å²) < 4.78 is 0. The van der Waals surface area contributed by atoms with Crippen molar-refractivity contribution >= 4 is 8.41 Å². The molecule has 0 amide bonds. The fourth-order valence-corrected chi connectivity index (χ4v) is 3.84. The van der Waals surface area contributed by atoms with Gasteiger partial charge in [0.05, 0.1) is 0 Å². The van der Waals surface area contributed by atoms with Crippen LogP contribution in [0, 0.1) is 23.7 Å². The molecule has 0 nitrogen and oxygen atoms in total. The Morgan fingerprint density at radius 2 is 1.24 bits per heavy atom. The minimum atomic E-state index is 0. The van der Waals surface area contributed by atoms with Gasteiger partial charge in [-0.05, 0) is 69.1 Å². The molecule has 2 fully saturated rings. The minimum Gasteiger partial charge on any atom is -0.0914 e. The largest absolute Gasteiger partial charge is 0.0914 e. The van der Waals surface area contributed by atoms with Gasteiger partial charge >= 0.3 is 0 Å². The molecule has 0 aliphatic heterocycles. The van der Waals surface area contributed by atoms with E-state index in [4.69, 9.17) is 0 Å². The summed E-state index contributed by atoms with van der Waals surface area (Å²) in [6.45, 7) is 4.59. The first-order valence-corrected chi connectivity index (χ1v) is 7.42. The maximum absolute atomic E-state index is 2.43. The monoisotopic (exact) mass is 231 g/mol. The van der Waals surface area contributed by atoms with Crippen molar-refractivity contribution in [2.75, 3.05) is 0 Å². The summed E-state index contributed by atoms with van der Waals surface area (Å²) in [4.78, 5) is 0. The van der Waals surface area contributed by atoms with Gasteiger partial charge in [0.1, 0.15) is 0 Å². The number of hydrogen-bond donors (Lipinski definition) is 0. The van der Waals surface area contributed by atoms with E-state index in [0.717, 1.165) is 23.7 Å². The Morgan fingerprint density at radius 1 is 0.765 bits per heavy atom. The maximum atomic E-state index is 2.43. The van der Waals surface area contributed by atoms with Crippen molar-refractivity contribution in [2.45, 2.75) is 65.2 Å². The van der Waals surface area contributed by atoms with E-state index in [2.05, 4.69) is 26.0 Å². The first-order valence-electron chi connectivity index (χ1n) is 7.42. The molecule has 0 aromatic carbocycles. The summed E-state index contributed by atoms with van der Waals surface area (Å²) in [7, 11) is 0. The van der Waals surface area contributed by atoms with Gasteiger partial charge in [-0.2, -0.15) is 0 Å². The highest BCUT2D eigenvalue weighted by atomic mass is 14.3. The van der Waals surface area contributed by atoms with Crippen LogP contribution in [0.25, 0.3) is 0 Å². The molecule has 0 atom stereocenters. The second kappa shape index (κ2) is 7.29. The predicted molar refractivity (Wildman–Crippen MR) is 77.1 cm³/mol. The van der Waals surface area contributed by atoms with E-state index in [0.29, 0.717) is 0 Å². The highest BCUT2D eigenvalue weighted by molar-refractivity contribution is 5.75. The lowest BCUT2D eigenvalue weighted by atomic mass is 9.69. The van der Waals surface area contributed by atoms with Crippen LogP contribution in [0.2, 0.25) is 0 Å². The molecule has 1 heteroatoms. The van der Waals surface area contributed by atoms with Crippen LogP contribution in [-0.4, -0.2) is 8.41 Å². The summed E-state index contributed by atoms with van der Waals surface area (Å²) >= 11 is 0. The Labute approximate surface area is 110 Å². The molecule has 0 aromatic rings. The third-order valence-corrected chi connectivity index (χ3v) is 5.01. The normalized spacial score (nSPS) is 38.9. The molecule has 0 saturated heterocycles. The molecule has 0 N–H and O–H groups in total. The molecule has 2 aliphatic carbocycles. The highest BCUT2D eigenvalue weighted by Crippen LogP contribution is 2.41. The summed E-state index contributed by atoms with van der Waals surface area (Å²) in [5, 5.41) is 0. The van der Waals surface area contributed by atoms with Crippen molar-refractivity contribution in [3.05, 3.63) is 12.2 Å². The third kappa shape index (κ3) is 4.19. The van der Waals surface area contributed by atoms with Gasteiger partial charge < -0.3 is 0 Å². The van der Waals surface area contributed by atoms with Gasteiger partial charge in [0.25, 0.3) is 0 Å². The number of hydrogen-bond acceptors (Lipinski definition) is 0. The van der Waals surface area contributed by atoms with Gasteiger partial charge in [0, 0.05) is 8.41 Å². The van der Waals surface area contributed by atoms with Gasteiger partial charge in [0.2, 0.25) is 0 Å². The molecule has 0 unspecified atom stereocenters. The summed E-state index contributed by atoms with van der Waals surface area (Å²) in [5.41, 5.74) is 0. The van der Waals surface area contributed by atoms with Crippen molar-refractivity contribution in [1.29, 1.82) is 0 Å². The van der Waals surface area contributed by atoms with Crippen LogP contribution in [0.1, 0.15) is 65.2 Å². The van der Waals surface area contributed by atoms with Crippen LogP contribution < -0.4 is 0 Å². The fraction of sp³-hybridized carbons (Fsp3) is 0.875. The van der Waals surface area contributed by atoms with Gasteiger partial charge in [-0.15, -0.1) is 0 Å². The predicted octanol–water partition coefficient (Wildman–Crippen LogP) is 4.81. The van der Waals surface area contributed by atoms with Gasteiger partial charge in [0.15, 0.2) is 0 Å². The standard InChI is InChI=1S/C16H28.B/c1-3-4-14-7-11-16(12-8-14)15-9-5-13(2)6-10-15;/h3-4,13-16H,5-12H2,1-2H3;/b4-3+;.